The second-order valence-electron chi connectivity index (χ2n) is 7.26. The zero-order chi connectivity index (χ0) is 23.5. The summed E-state index contributed by atoms with van der Waals surface area (Å²) in [6, 6.07) is 14.1. The summed E-state index contributed by atoms with van der Waals surface area (Å²) in [6.07, 6.45) is 4.88. The third-order valence-electron chi connectivity index (χ3n) is 5.01. The highest BCUT2D eigenvalue weighted by atomic mass is 32.1. The summed E-state index contributed by atoms with van der Waals surface area (Å²) in [5.74, 6) is 1.07. The van der Waals surface area contributed by atoms with Crippen molar-refractivity contribution < 1.29 is 19.4 Å². The van der Waals surface area contributed by atoms with Gasteiger partial charge >= 0.3 is 0 Å². The highest BCUT2D eigenvalue weighted by Gasteiger charge is 2.18. The Morgan fingerprint density at radius 2 is 2.18 bits per heavy atom. The molecule has 1 aliphatic rings. The number of nitrogens with one attached hydrogen (secondary N) is 1. The van der Waals surface area contributed by atoms with Crippen LogP contribution in [0.15, 0.2) is 76.4 Å². The van der Waals surface area contributed by atoms with Crippen LogP contribution in [-0.4, -0.2) is 40.6 Å². The fraction of sp³-hybridized carbons (Fsp3) is 0.0833. The summed E-state index contributed by atoms with van der Waals surface area (Å²) < 4.78 is 12.4. The number of phenols is 1. The summed E-state index contributed by atoms with van der Waals surface area (Å²) in [6.45, 7) is -0.00668. The first-order valence-corrected chi connectivity index (χ1v) is 11.1. The van der Waals surface area contributed by atoms with Crippen LogP contribution in [0.3, 0.4) is 0 Å². The first-order chi connectivity index (χ1) is 16.6. The fourth-order valence-electron chi connectivity index (χ4n) is 3.34. The minimum absolute atomic E-state index is 0.00668. The lowest BCUT2D eigenvalue weighted by atomic mass is 10.1. The highest BCUT2D eigenvalue weighted by molar-refractivity contribution is 7.07. The van der Waals surface area contributed by atoms with Gasteiger partial charge in [0.25, 0.3) is 5.91 Å². The largest absolute Gasteiger partial charge is 0.507 e. The van der Waals surface area contributed by atoms with Gasteiger partial charge in [-0.1, -0.05) is 0 Å². The Morgan fingerprint density at radius 3 is 3.00 bits per heavy atom. The molecule has 170 valence electrons. The fourth-order valence-corrected chi connectivity index (χ4v) is 4.20. The van der Waals surface area contributed by atoms with Gasteiger partial charge in [0.05, 0.1) is 36.6 Å². The number of aromatic hydroxyl groups is 1. The van der Waals surface area contributed by atoms with Crippen molar-refractivity contribution in [1.29, 1.82) is 0 Å². The maximum absolute atomic E-state index is 11.8. The van der Waals surface area contributed by atoms with E-state index in [4.69, 9.17) is 9.47 Å². The molecule has 0 unspecified atom stereocenters. The number of phenolic OH excluding ortho intramolecular Hbond substituents is 1. The number of carbonyl (C=O) groups is 1. The van der Waals surface area contributed by atoms with Gasteiger partial charge in [0.2, 0.25) is 4.80 Å². The number of anilines is 1. The van der Waals surface area contributed by atoms with E-state index in [-0.39, 0.29) is 18.3 Å². The molecular formula is C24H19N5O4S. The molecule has 5 rings (SSSR count). The van der Waals surface area contributed by atoms with Crippen molar-refractivity contribution in [2.45, 2.75) is 0 Å². The van der Waals surface area contributed by atoms with Crippen LogP contribution >= 0.6 is 11.3 Å². The molecule has 34 heavy (non-hydrogen) atoms. The van der Waals surface area contributed by atoms with E-state index in [1.165, 1.54) is 11.3 Å². The van der Waals surface area contributed by atoms with Crippen LogP contribution in [0.5, 0.6) is 17.2 Å². The third kappa shape index (κ3) is 4.39. The number of benzene rings is 2. The molecule has 9 nitrogen and oxygen atoms in total. The molecule has 0 radical (unpaired) electrons. The van der Waals surface area contributed by atoms with Crippen molar-refractivity contribution in [3.8, 4) is 28.5 Å². The first kappa shape index (κ1) is 21.4. The molecule has 0 atom stereocenters. The van der Waals surface area contributed by atoms with Gasteiger partial charge in [-0.3, -0.25) is 9.78 Å². The van der Waals surface area contributed by atoms with E-state index in [2.05, 4.69) is 20.4 Å². The van der Waals surface area contributed by atoms with Crippen molar-refractivity contribution in [3.63, 3.8) is 0 Å². The number of fused-ring (bicyclic) bond motifs is 1. The van der Waals surface area contributed by atoms with Crippen LogP contribution in [0.1, 0.15) is 5.56 Å². The molecule has 4 aromatic rings. The summed E-state index contributed by atoms with van der Waals surface area (Å²) in [7, 11) is 1.56. The number of ether oxygens (including phenoxy) is 2. The van der Waals surface area contributed by atoms with Gasteiger partial charge in [-0.15, -0.1) is 11.3 Å². The van der Waals surface area contributed by atoms with Gasteiger partial charge in [0.1, 0.15) is 17.2 Å². The van der Waals surface area contributed by atoms with Crippen LogP contribution in [0.2, 0.25) is 0 Å². The number of nitrogens with zero attached hydrogens (tertiary/aromatic N) is 4. The zero-order valence-corrected chi connectivity index (χ0v) is 18.8. The van der Waals surface area contributed by atoms with E-state index in [9.17, 15) is 9.90 Å². The lowest BCUT2D eigenvalue weighted by molar-refractivity contribution is -0.118. The number of hydrogen-bond donors (Lipinski definition) is 2. The Bertz CT molecular complexity index is 1460. The minimum Gasteiger partial charge on any atom is -0.507 e. The summed E-state index contributed by atoms with van der Waals surface area (Å²) in [5, 5.41) is 19.6. The third-order valence-corrected chi connectivity index (χ3v) is 5.83. The SMILES string of the molecule is COc1ccc(O)c(C=Nn2c(-c3ccc4c(c3)NC(=O)CO4)csc2=Nc2cccnc2)c1. The van der Waals surface area contributed by atoms with E-state index in [1.54, 1.807) is 54.7 Å². The lowest BCUT2D eigenvalue weighted by Crippen LogP contribution is -2.25. The van der Waals surface area contributed by atoms with E-state index < -0.39 is 0 Å². The Hall–Kier alpha value is -4.44. The molecule has 1 amide bonds. The summed E-state index contributed by atoms with van der Waals surface area (Å²) in [5.41, 5.74) is 3.30. The van der Waals surface area contributed by atoms with Crippen LogP contribution in [0, 0.1) is 0 Å². The molecule has 2 aromatic carbocycles. The van der Waals surface area contributed by atoms with Crippen molar-refractivity contribution in [2.75, 3.05) is 19.0 Å². The van der Waals surface area contributed by atoms with Crippen molar-refractivity contribution in [1.82, 2.24) is 9.66 Å². The maximum atomic E-state index is 11.8. The number of amides is 1. The molecule has 2 aromatic heterocycles. The van der Waals surface area contributed by atoms with Gasteiger partial charge in [-0.2, -0.15) is 5.10 Å². The number of pyridine rings is 1. The van der Waals surface area contributed by atoms with E-state index in [1.807, 2.05) is 29.6 Å². The molecule has 0 spiro atoms. The van der Waals surface area contributed by atoms with Crippen LogP contribution in [-0.2, 0) is 4.79 Å². The van der Waals surface area contributed by atoms with Gasteiger partial charge < -0.3 is 19.9 Å². The Kier molecular flexibility index (Phi) is 5.79. The monoisotopic (exact) mass is 473 g/mol. The van der Waals surface area contributed by atoms with E-state index in [0.29, 0.717) is 33.2 Å². The smallest absolute Gasteiger partial charge is 0.262 e. The predicted molar refractivity (Wildman–Crippen MR) is 129 cm³/mol. The predicted octanol–water partition coefficient (Wildman–Crippen LogP) is 3.77. The molecule has 3 heterocycles. The topological polar surface area (TPSA) is 110 Å². The summed E-state index contributed by atoms with van der Waals surface area (Å²) >= 11 is 1.40. The van der Waals surface area contributed by atoms with Crippen LogP contribution < -0.4 is 19.6 Å². The highest BCUT2D eigenvalue weighted by Crippen LogP contribution is 2.33. The number of methoxy groups -OCH3 is 1. The Labute approximate surface area is 198 Å². The molecule has 0 saturated heterocycles. The summed E-state index contributed by atoms with van der Waals surface area (Å²) in [4.78, 5) is 21.2. The van der Waals surface area contributed by atoms with E-state index in [0.717, 1.165) is 11.3 Å². The molecule has 1 aliphatic heterocycles. The number of rotatable bonds is 5. The van der Waals surface area contributed by atoms with Gasteiger partial charge in [0.15, 0.2) is 6.61 Å². The quantitative estimate of drug-likeness (QED) is 0.429. The second-order valence-corrected chi connectivity index (χ2v) is 8.09. The first-order valence-electron chi connectivity index (χ1n) is 10.2. The normalized spacial score (nSPS) is 13.4. The van der Waals surface area contributed by atoms with Crippen LogP contribution in [0.4, 0.5) is 11.4 Å². The molecule has 0 bridgehead atoms. The number of aromatic nitrogens is 2. The molecule has 0 saturated carbocycles. The number of thiazole rings is 1. The van der Waals surface area contributed by atoms with Crippen molar-refractivity contribution in [2.24, 2.45) is 10.1 Å². The standard InChI is InChI=1S/C24H19N5O4S/c1-32-18-5-6-21(30)16(9-18)11-26-29-20(14-34-24(29)27-17-3-2-8-25-12-17)15-4-7-22-19(10-15)28-23(31)13-33-22/h2-12,14,30H,13H2,1H3,(H,28,31). The maximum Gasteiger partial charge on any atom is 0.262 e. The Balaban J connectivity index is 1.63. The number of hydrogen-bond acceptors (Lipinski definition) is 8. The second kappa shape index (κ2) is 9.20. The average molecular weight is 474 g/mol. The van der Waals surface area contributed by atoms with Gasteiger partial charge in [-0.05, 0) is 48.5 Å². The van der Waals surface area contributed by atoms with Crippen LogP contribution in [0.25, 0.3) is 11.3 Å². The lowest BCUT2D eigenvalue weighted by Gasteiger charge is -2.18. The van der Waals surface area contributed by atoms with Gasteiger partial charge in [0, 0.05) is 22.7 Å². The molecule has 10 heteroatoms. The zero-order valence-electron chi connectivity index (χ0n) is 18.0. The molecule has 0 aliphatic carbocycles. The molecular weight excluding hydrogens is 454 g/mol. The van der Waals surface area contributed by atoms with Gasteiger partial charge in [-0.25, -0.2) is 9.67 Å². The molecule has 2 N–H and O–H groups in total. The van der Waals surface area contributed by atoms with Crippen molar-refractivity contribution in [3.05, 3.63) is 76.7 Å². The Morgan fingerprint density at radius 1 is 1.26 bits per heavy atom. The number of carbonyl (C=O) groups excluding carboxylic acids is 1. The van der Waals surface area contributed by atoms with E-state index >= 15 is 0 Å². The minimum atomic E-state index is -0.207. The molecule has 0 fully saturated rings. The van der Waals surface area contributed by atoms with Crippen molar-refractivity contribution >= 4 is 34.8 Å². The average Bonchev–Trinajstić information content (AvgIpc) is 3.25.